The van der Waals surface area contributed by atoms with Gasteiger partial charge in [0.15, 0.2) is 5.78 Å². The number of nitro groups is 1. The van der Waals surface area contributed by atoms with Gasteiger partial charge in [-0.25, -0.2) is 8.42 Å². The summed E-state index contributed by atoms with van der Waals surface area (Å²) in [6, 6.07) is 23.9. The fraction of sp³-hybridized carbons (Fsp3) is 0.200. The van der Waals surface area contributed by atoms with Crippen molar-refractivity contribution in [3.63, 3.8) is 0 Å². The summed E-state index contributed by atoms with van der Waals surface area (Å²) >= 11 is 8.78. The number of hydrogen-bond donors (Lipinski definition) is 1. The number of ketones is 1. The lowest BCUT2D eigenvalue weighted by molar-refractivity contribution is -0.483. The second-order valence-electron chi connectivity index (χ2n) is 7.74. The van der Waals surface area contributed by atoms with Gasteiger partial charge < -0.3 is 5.73 Å². The molecule has 3 aromatic carbocycles. The molecule has 36 heavy (non-hydrogen) atoms. The summed E-state index contributed by atoms with van der Waals surface area (Å²) in [4.78, 5) is 33.1. The van der Waals surface area contributed by atoms with E-state index < -0.39 is 31.2 Å². The van der Waals surface area contributed by atoms with Gasteiger partial charge in [0.1, 0.15) is 0 Å². The summed E-state index contributed by atoms with van der Waals surface area (Å²) in [7, 11) is -3.86. The minimum atomic E-state index is -3.86. The number of carbonyl (C=O) groups excluding carboxylic acids is 2. The molecule has 0 aliphatic carbocycles. The number of benzene rings is 3. The number of rotatable bonds is 9. The Hall–Kier alpha value is -3.08. The molecule has 3 aromatic rings. The highest BCUT2D eigenvalue weighted by molar-refractivity contribution is 9.10. The quantitative estimate of drug-likeness (QED) is 0.167. The second kappa shape index (κ2) is 13.3. The molecular weight excluding hydrogens is 572 g/mol. The second-order valence-corrected chi connectivity index (χ2v) is 11.5. The van der Waals surface area contributed by atoms with E-state index in [0.717, 1.165) is 11.1 Å². The molecule has 0 aliphatic heterocycles. The van der Waals surface area contributed by atoms with Crippen molar-refractivity contribution in [1.82, 2.24) is 0 Å². The molecule has 0 saturated heterocycles. The van der Waals surface area contributed by atoms with Gasteiger partial charge in [0, 0.05) is 10.5 Å². The molecule has 0 radical (unpaired) electrons. The molecule has 3 atom stereocenters. The maximum absolute atomic E-state index is 12.5. The van der Waals surface area contributed by atoms with Crippen LogP contribution in [0, 0.1) is 17.0 Å². The van der Waals surface area contributed by atoms with Crippen LogP contribution in [0.3, 0.4) is 0 Å². The normalized spacial score (nSPS) is 13.4. The molecule has 11 heteroatoms. The highest BCUT2D eigenvalue weighted by atomic mass is 79.9. The number of aryl methyl sites for hydroxylation is 1. The van der Waals surface area contributed by atoms with Gasteiger partial charge in [0.05, 0.1) is 15.6 Å². The lowest BCUT2D eigenvalue weighted by atomic mass is 9.91. The predicted octanol–water partition coefficient (Wildman–Crippen LogP) is 4.51. The van der Waals surface area contributed by atoms with E-state index in [1.165, 1.54) is 12.1 Å². The van der Waals surface area contributed by atoms with Crippen LogP contribution in [0.1, 0.15) is 27.4 Å². The first-order valence-corrected chi connectivity index (χ1v) is 13.5. The van der Waals surface area contributed by atoms with E-state index in [-0.39, 0.29) is 22.1 Å². The van der Waals surface area contributed by atoms with Crippen molar-refractivity contribution in [3.05, 3.63) is 112 Å². The Morgan fingerprint density at radius 1 is 0.972 bits per heavy atom. The van der Waals surface area contributed by atoms with Crippen molar-refractivity contribution in [2.75, 3.05) is 6.54 Å². The third kappa shape index (κ3) is 7.97. The smallest absolute Gasteiger partial charge is 0.251 e. The van der Waals surface area contributed by atoms with Crippen molar-refractivity contribution in [2.45, 2.75) is 27.3 Å². The van der Waals surface area contributed by atoms with Gasteiger partial charge in [-0.3, -0.25) is 19.7 Å². The number of nitrogens with two attached hydrogens (primary N) is 1. The van der Waals surface area contributed by atoms with Crippen molar-refractivity contribution >= 4 is 49.1 Å². The Labute approximate surface area is 222 Å². The molecule has 0 aromatic heterocycles. The van der Waals surface area contributed by atoms with Gasteiger partial charge in [-0.2, -0.15) is 0 Å². The van der Waals surface area contributed by atoms with Crippen LogP contribution >= 0.6 is 27.5 Å². The monoisotopic (exact) mass is 594 g/mol. The highest BCUT2D eigenvalue weighted by Gasteiger charge is 2.32. The zero-order valence-corrected chi connectivity index (χ0v) is 22.3. The molecule has 0 saturated carbocycles. The molecule has 2 N–H and O–H groups in total. The maximum atomic E-state index is 12.5. The van der Waals surface area contributed by atoms with Crippen LogP contribution in [-0.4, -0.2) is 41.1 Å². The number of sulfone groups is 1. The fourth-order valence-electron chi connectivity index (χ4n) is 3.17. The number of primary amides is 1. The Balaban J connectivity index is 0.000000269. The number of hydrogen-bond acceptors (Lipinski definition) is 6. The summed E-state index contributed by atoms with van der Waals surface area (Å²) in [6.07, 6.45) is 0. The average molecular weight is 596 g/mol. The zero-order chi connectivity index (χ0) is 26.9. The van der Waals surface area contributed by atoms with Crippen LogP contribution in [0.25, 0.3) is 0 Å². The van der Waals surface area contributed by atoms with Gasteiger partial charge in [-0.15, -0.1) is 0 Å². The third-order valence-electron chi connectivity index (χ3n) is 5.08. The summed E-state index contributed by atoms with van der Waals surface area (Å²) < 4.78 is 21.6. The van der Waals surface area contributed by atoms with E-state index in [4.69, 9.17) is 17.3 Å². The van der Waals surface area contributed by atoms with E-state index in [0.29, 0.717) is 5.56 Å². The molecule has 0 bridgehead atoms. The van der Waals surface area contributed by atoms with Crippen LogP contribution in [-0.2, 0) is 14.6 Å². The first-order chi connectivity index (χ1) is 16.9. The summed E-state index contributed by atoms with van der Waals surface area (Å²) in [6.45, 7) is 1.53. The molecule has 8 nitrogen and oxygen atoms in total. The van der Waals surface area contributed by atoms with Gasteiger partial charge >= 0.3 is 0 Å². The maximum Gasteiger partial charge on any atom is 0.251 e. The number of Topliss-reactive ketones (excluding diaryl/α,β-unsaturated/α-hetero) is 1. The molecule has 0 fully saturated rings. The van der Waals surface area contributed by atoms with Gasteiger partial charge in [0.25, 0.3) is 5.91 Å². The first kappa shape index (κ1) is 29.2. The van der Waals surface area contributed by atoms with Gasteiger partial charge in [-0.05, 0) is 24.6 Å². The number of halogens is 2. The Bertz CT molecular complexity index is 1290. The lowest BCUT2D eigenvalue weighted by Gasteiger charge is -2.18. The largest absolute Gasteiger partial charge is 0.367 e. The molecule has 1 amide bonds. The van der Waals surface area contributed by atoms with E-state index in [1.54, 1.807) is 48.5 Å². The van der Waals surface area contributed by atoms with Crippen LogP contribution in [0.15, 0.2) is 89.8 Å². The Morgan fingerprint density at radius 3 is 1.94 bits per heavy atom. The van der Waals surface area contributed by atoms with Gasteiger partial charge in [-0.1, -0.05) is 106 Å². The van der Waals surface area contributed by atoms with E-state index in [1.807, 2.05) is 31.2 Å². The Morgan fingerprint density at radius 2 is 1.47 bits per heavy atom. The number of nitrogens with zero attached hydrogens (tertiary/aromatic N) is 1. The van der Waals surface area contributed by atoms with Crippen molar-refractivity contribution in [2.24, 2.45) is 5.73 Å². The van der Waals surface area contributed by atoms with E-state index in [2.05, 4.69) is 15.9 Å². The lowest BCUT2D eigenvalue weighted by Crippen LogP contribution is -2.31. The van der Waals surface area contributed by atoms with Crippen LogP contribution in [0.2, 0.25) is 0 Å². The molecule has 190 valence electrons. The van der Waals surface area contributed by atoms with E-state index >= 15 is 0 Å². The third-order valence-corrected chi connectivity index (χ3v) is 8.76. The van der Waals surface area contributed by atoms with Crippen molar-refractivity contribution in [1.29, 1.82) is 0 Å². The zero-order valence-electron chi connectivity index (χ0n) is 19.2. The van der Waals surface area contributed by atoms with Gasteiger partial charge in [0.2, 0.25) is 21.1 Å². The molecule has 0 aliphatic rings. The van der Waals surface area contributed by atoms with Crippen LogP contribution < -0.4 is 5.73 Å². The van der Waals surface area contributed by atoms with Crippen LogP contribution in [0.4, 0.5) is 0 Å². The highest BCUT2D eigenvalue weighted by Crippen LogP contribution is 2.28. The Kier molecular flexibility index (Phi) is 10.8. The fourth-order valence-corrected chi connectivity index (χ4v) is 5.28. The SMILES string of the molecule is Cc1ccc(S(=O)(=O)C(Cl)C(N)=O)cc1.O=C(c1ccccc1)C(Br)C(C[N+](=O)[O-])c1ccccc1. The average Bonchev–Trinajstić information content (AvgIpc) is 2.87. The first-order valence-electron chi connectivity index (χ1n) is 10.6. The van der Waals surface area contributed by atoms with Crippen molar-refractivity contribution in [3.8, 4) is 0 Å². The van der Waals surface area contributed by atoms with Crippen molar-refractivity contribution < 1.29 is 22.9 Å². The minimum absolute atomic E-state index is 0.00750. The number of carbonyl (C=O) groups is 2. The molecule has 3 unspecified atom stereocenters. The molecule has 0 spiro atoms. The summed E-state index contributed by atoms with van der Waals surface area (Å²) in [5, 5.41) is 10.9. The molecule has 0 heterocycles. The summed E-state index contributed by atoms with van der Waals surface area (Å²) in [5.41, 5.74) is 7.08. The number of alkyl halides is 2. The molecular formula is C25H24BrClN2O6S. The minimum Gasteiger partial charge on any atom is -0.367 e. The predicted molar refractivity (Wildman–Crippen MR) is 142 cm³/mol. The number of amides is 1. The standard InChI is InChI=1S/C16H14BrNO3.C9H10ClNO3S/c17-15(16(19)13-9-5-2-6-10-13)14(11-18(20)21)12-7-3-1-4-8-12;1-6-2-4-7(5-3-6)15(13,14)8(10)9(11)12/h1-10,14-15H,11H2;2-5,8H,1H3,(H2,11,12). The molecule has 3 rings (SSSR count). The van der Waals surface area contributed by atoms with Crippen LogP contribution in [0.5, 0.6) is 0 Å². The van der Waals surface area contributed by atoms with E-state index in [9.17, 15) is 28.1 Å². The topological polar surface area (TPSA) is 137 Å². The summed E-state index contributed by atoms with van der Waals surface area (Å²) in [5.74, 6) is -1.72.